The van der Waals surface area contributed by atoms with E-state index in [-0.39, 0.29) is 0 Å². The molecule has 0 saturated carbocycles. The van der Waals surface area contributed by atoms with Crippen LogP contribution in [0.3, 0.4) is 0 Å². The number of para-hydroxylation sites is 2. The summed E-state index contributed by atoms with van der Waals surface area (Å²) in [5, 5.41) is 2.05. The number of hydrogen-bond donors (Lipinski definition) is 0. The summed E-state index contributed by atoms with van der Waals surface area (Å²) in [6, 6.07) is 58.7. The average molecular weight is 605 g/mol. The quantitative estimate of drug-likeness (QED) is 0.189. The Bertz CT molecular complexity index is 2460. The van der Waals surface area contributed by atoms with Gasteiger partial charge < -0.3 is 13.7 Å². The van der Waals surface area contributed by atoms with Gasteiger partial charge in [-0.05, 0) is 82.9 Å². The molecule has 0 aliphatic heterocycles. The molecular weight excluding hydrogens is 576 g/mol. The number of aromatic nitrogens is 1. The zero-order valence-electron chi connectivity index (χ0n) is 25.4. The van der Waals surface area contributed by atoms with Crippen molar-refractivity contribution in [1.82, 2.24) is 4.98 Å². The van der Waals surface area contributed by atoms with Gasteiger partial charge in [-0.2, -0.15) is 0 Å². The molecule has 2 aromatic heterocycles. The second-order valence-electron chi connectivity index (χ2n) is 11.6. The summed E-state index contributed by atoms with van der Waals surface area (Å²) >= 11 is 0. The molecule has 222 valence electrons. The Kier molecular flexibility index (Phi) is 6.43. The van der Waals surface area contributed by atoms with E-state index in [0.29, 0.717) is 5.89 Å². The molecule has 9 aromatic rings. The van der Waals surface area contributed by atoms with E-state index in [1.165, 1.54) is 0 Å². The molecule has 0 bridgehead atoms. The maximum atomic E-state index is 6.47. The molecule has 4 nitrogen and oxygen atoms in total. The van der Waals surface area contributed by atoms with E-state index in [2.05, 4.69) is 132 Å². The first-order valence-electron chi connectivity index (χ1n) is 15.7. The predicted molar refractivity (Wildman–Crippen MR) is 192 cm³/mol. The van der Waals surface area contributed by atoms with E-state index >= 15 is 0 Å². The highest BCUT2D eigenvalue weighted by molar-refractivity contribution is 6.16. The van der Waals surface area contributed by atoms with Crippen LogP contribution in [0.5, 0.6) is 0 Å². The highest BCUT2D eigenvalue weighted by atomic mass is 16.4. The van der Waals surface area contributed by atoms with Crippen LogP contribution >= 0.6 is 0 Å². The Labute approximate surface area is 271 Å². The van der Waals surface area contributed by atoms with Crippen molar-refractivity contribution in [2.75, 3.05) is 4.90 Å². The standard InChI is InChI=1S/C43H28N2O2/c1-5-14-29(15-6-1)36-26-33(45(31-18-9-3-10-19-31)32-20-11-4-12-21-32)24-25-34(36)35-22-13-23-39-42(35)37-27-41-38(28-40(37)46-39)44-43(47-41)30-16-7-2-8-17-30/h1-28H. The van der Waals surface area contributed by atoms with E-state index in [1.54, 1.807) is 0 Å². The fourth-order valence-corrected chi connectivity index (χ4v) is 6.54. The molecular formula is C43H28N2O2. The fourth-order valence-electron chi connectivity index (χ4n) is 6.54. The number of fused-ring (bicyclic) bond motifs is 4. The normalized spacial score (nSPS) is 11.4. The molecule has 0 saturated heterocycles. The number of benzene rings is 7. The second kappa shape index (κ2) is 11.2. The van der Waals surface area contributed by atoms with Crippen molar-refractivity contribution in [3.63, 3.8) is 0 Å². The Morgan fingerprint density at radius 3 is 1.72 bits per heavy atom. The zero-order valence-corrected chi connectivity index (χ0v) is 25.4. The number of anilines is 3. The zero-order chi connectivity index (χ0) is 31.2. The van der Waals surface area contributed by atoms with Gasteiger partial charge in [-0.3, -0.25) is 0 Å². The average Bonchev–Trinajstić information content (AvgIpc) is 3.73. The lowest BCUT2D eigenvalue weighted by Gasteiger charge is -2.26. The highest BCUT2D eigenvalue weighted by Crippen LogP contribution is 2.44. The van der Waals surface area contributed by atoms with Gasteiger partial charge in [0, 0.05) is 39.5 Å². The van der Waals surface area contributed by atoms with Crippen LogP contribution in [0.25, 0.3) is 66.7 Å². The number of rotatable bonds is 6. The third-order valence-electron chi connectivity index (χ3n) is 8.69. The molecule has 0 amide bonds. The molecule has 4 heteroatoms. The van der Waals surface area contributed by atoms with E-state index in [9.17, 15) is 0 Å². The molecule has 47 heavy (non-hydrogen) atoms. The minimum absolute atomic E-state index is 0.598. The summed E-state index contributed by atoms with van der Waals surface area (Å²) in [7, 11) is 0. The van der Waals surface area contributed by atoms with Crippen LogP contribution in [0.2, 0.25) is 0 Å². The summed E-state index contributed by atoms with van der Waals surface area (Å²) in [6.07, 6.45) is 0. The molecule has 0 fully saturated rings. The number of oxazole rings is 1. The van der Waals surface area contributed by atoms with Crippen molar-refractivity contribution >= 4 is 50.1 Å². The first-order valence-corrected chi connectivity index (χ1v) is 15.7. The molecule has 0 N–H and O–H groups in total. The minimum Gasteiger partial charge on any atom is -0.456 e. The van der Waals surface area contributed by atoms with Gasteiger partial charge in [-0.25, -0.2) is 4.98 Å². The molecule has 0 aliphatic carbocycles. The van der Waals surface area contributed by atoms with Crippen LogP contribution in [0, 0.1) is 0 Å². The maximum Gasteiger partial charge on any atom is 0.227 e. The topological polar surface area (TPSA) is 42.4 Å². The van der Waals surface area contributed by atoms with Gasteiger partial charge >= 0.3 is 0 Å². The van der Waals surface area contributed by atoms with Crippen LogP contribution < -0.4 is 4.90 Å². The molecule has 0 unspecified atom stereocenters. The Morgan fingerprint density at radius 2 is 1.04 bits per heavy atom. The summed E-state index contributed by atoms with van der Waals surface area (Å²) in [5.74, 6) is 0.598. The first-order chi connectivity index (χ1) is 23.3. The maximum absolute atomic E-state index is 6.47. The van der Waals surface area contributed by atoms with E-state index in [1.807, 2.05) is 42.5 Å². The predicted octanol–water partition coefficient (Wildman–Crippen LogP) is 12.2. The summed E-state index contributed by atoms with van der Waals surface area (Å²) in [5.41, 5.74) is 11.8. The summed E-state index contributed by atoms with van der Waals surface area (Å²) in [6.45, 7) is 0. The molecule has 2 heterocycles. The van der Waals surface area contributed by atoms with Crippen LogP contribution in [0.1, 0.15) is 0 Å². The van der Waals surface area contributed by atoms with Crippen LogP contribution in [-0.4, -0.2) is 4.98 Å². The Balaban J connectivity index is 1.26. The van der Waals surface area contributed by atoms with Crippen molar-refractivity contribution in [2.24, 2.45) is 0 Å². The molecule has 9 rings (SSSR count). The number of furan rings is 1. The van der Waals surface area contributed by atoms with Crippen LogP contribution in [0.4, 0.5) is 17.1 Å². The lowest BCUT2D eigenvalue weighted by atomic mass is 9.91. The van der Waals surface area contributed by atoms with Gasteiger partial charge in [0.15, 0.2) is 5.58 Å². The van der Waals surface area contributed by atoms with E-state index < -0.39 is 0 Å². The van der Waals surface area contributed by atoms with Crippen LogP contribution in [-0.2, 0) is 0 Å². The summed E-state index contributed by atoms with van der Waals surface area (Å²) in [4.78, 5) is 7.08. The largest absolute Gasteiger partial charge is 0.456 e. The lowest BCUT2D eigenvalue weighted by Crippen LogP contribution is -2.10. The third kappa shape index (κ3) is 4.75. The Hall–Kier alpha value is -6.39. The second-order valence-corrected chi connectivity index (χ2v) is 11.6. The van der Waals surface area contributed by atoms with Crippen molar-refractivity contribution in [2.45, 2.75) is 0 Å². The first kappa shape index (κ1) is 27.0. The monoisotopic (exact) mass is 604 g/mol. The third-order valence-corrected chi connectivity index (χ3v) is 8.69. The fraction of sp³-hybridized carbons (Fsp3) is 0. The van der Waals surface area contributed by atoms with Gasteiger partial charge in [0.1, 0.15) is 16.7 Å². The van der Waals surface area contributed by atoms with Gasteiger partial charge in [0.05, 0.1) is 0 Å². The van der Waals surface area contributed by atoms with Gasteiger partial charge in [0.2, 0.25) is 5.89 Å². The van der Waals surface area contributed by atoms with Gasteiger partial charge in [0.25, 0.3) is 0 Å². The van der Waals surface area contributed by atoms with Crippen molar-refractivity contribution < 1.29 is 8.83 Å². The Morgan fingerprint density at radius 1 is 0.404 bits per heavy atom. The summed E-state index contributed by atoms with van der Waals surface area (Å²) < 4.78 is 12.8. The molecule has 7 aromatic carbocycles. The van der Waals surface area contributed by atoms with Gasteiger partial charge in [-0.15, -0.1) is 0 Å². The molecule has 0 radical (unpaired) electrons. The van der Waals surface area contributed by atoms with Crippen molar-refractivity contribution in [3.05, 3.63) is 170 Å². The smallest absolute Gasteiger partial charge is 0.227 e. The minimum atomic E-state index is 0.598. The van der Waals surface area contributed by atoms with Crippen LogP contribution in [0.15, 0.2) is 179 Å². The molecule has 0 atom stereocenters. The number of hydrogen-bond acceptors (Lipinski definition) is 4. The highest BCUT2D eigenvalue weighted by Gasteiger charge is 2.20. The SMILES string of the molecule is c1ccc(-c2nc3cc4oc5cccc(-c6ccc(N(c7ccccc7)c7ccccc7)cc6-c6ccccc6)c5c4cc3o2)cc1. The van der Waals surface area contributed by atoms with E-state index in [4.69, 9.17) is 13.8 Å². The van der Waals surface area contributed by atoms with Crippen molar-refractivity contribution in [3.8, 4) is 33.7 Å². The van der Waals surface area contributed by atoms with Gasteiger partial charge in [-0.1, -0.05) is 103 Å². The lowest BCUT2D eigenvalue weighted by molar-refractivity contribution is 0.620. The molecule has 0 spiro atoms. The van der Waals surface area contributed by atoms with E-state index in [0.717, 1.165) is 77.9 Å². The number of nitrogens with zero attached hydrogens (tertiary/aromatic N) is 2. The van der Waals surface area contributed by atoms with Crippen molar-refractivity contribution in [1.29, 1.82) is 0 Å². The molecule has 0 aliphatic rings.